The van der Waals surface area contributed by atoms with Crippen LogP contribution in [0.15, 0.2) is 48.5 Å². The molecule has 0 fully saturated rings. The Morgan fingerprint density at radius 2 is 1.76 bits per heavy atom. The number of nitriles is 1. The van der Waals surface area contributed by atoms with E-state index in [1.165, 1.54) is 24.3 Å². The van der Waals surface area contributed by atoms with Crippen molar-refractivity contribution in [2.75, 3.05) is 0 Å². The van der Waals surface area contributed by atoms with Crippen LogP contribution in [-0.2, 0) is 6.54 Å². The molecule has 0 spiro atoms. The van der Waals surface area contributed by atoms with Gasteiger partial charge >= 0.3 is 5.97 Å². The molecule has 2 rings (SSSR count). The second kappa shape index (κ2) is 6.35. The zero-order chi connectivity index (χ0) is 15.2. The Hall–Kier alpha value is -3.13. The second-order valence-corrected chi connectivity index (χ2v) is 4.38. The lowest BCUT2D eigenvalue weighted by atomic mass is 10.1. The molecular weight excluding hydrogens is 268 g/mol. The maximum Gasteiger partial charge on any atom is 0.335 e. The molecule has 0 aliphatic heterocycles. The fourth-order valence-electron chi connectivity index (χ4n) is 1.80. The fourth-order valence-corrected chi connectivity index (χ4v) is 1.80. The normalized spacial score (nSPS) is 9.67. The van der Waals surface area contributed by atoms with Crippen molar-refractivity contribution in [2.45, 2.75) is 6.54 Å². The third-order valence-corrected chi connectivity index (χ3v) is 2.90. The summed E-state index contributed by atoms with van der Waals surface area (Å²) in [4.78, 5) is 22.7. The van der Waals surface area contributed by atoms with Crippen LogP contribution in [0.1, 0.15) is 31.8 Å². The Labute approximate surface area is 121 Å². The van der Waals surface area contributed by atoms with Crippen LogP contribution in [0.3, 0.4) is 0 Å². The largest absolute Gasteiger partial charge is 0.478 e. The second-order valence-electron chi connectivity index (χ2n) is 4.38. The summed E-state index contributed by atoms with van der Waals surface area (Å²) in [7, 11) is 0. The fraction of sp³-hybridized carbons (Fsp3) is 0.0625. The zero-order valence-electron chi connectivity index (χ0n) is 11.0. The SMILES string of the molecule is N#Cc1cccc(CNC(=O)c2ccc(C(=O)O)cc2)c1. The molecule has 5 heteroatoms. The van der Waals surface area contributed by atoms with E-state index in [2.05, 4.69) is 5.32 Å². The van der Waals surface area contributed by atoms with E-state index in [1.807, 2.05) is 12.1 Å². The quantitative estimate of drug-likeness (QED) is 0.898. The Kier molecular flexibility index (Phi) is 4.32. The average molecular weight is 280 g/mol. The number of amides is 1. The molecule has 0 aliphatic carbocycles. The van der Waals surface area contributed by atoms with Gasteiger partial charge in [0.25, 0.3) is 5.91 Å². The van der Waals surface area contributed by atoms with E-state index in [0.717, 1.165) is 5.56 Å². The van der Waals surface area contributed by atoms with Crippen LogP contribution in [0, 0.1) is 11.3 Å². The van der Waals surface area contributed by atoms with E-state index in [1.54, 1.807) is 18.2 Å². The number of nitrogens with one attached hydrogen (secondary N) is 1. The van der Waals surface area contributed by atoms with Crippen LogP contribution in [0.25, 0.3) is 0 Å². The van der Waals surface area contributed by atoms with Crippen molar-refractivity contribution >= 4 is 11.9 Å². The Morgan fingerprint density at radius 3 is 2.38 bits per heavy atom. The Balaban J connectivity index is 2.01. The summed E-state index contributed by atoms with van der Waals surface area (Å²) < 4.78 is 0. The van der Waals surface area contributed by atoms with Gasteiger partial charge in [-0.15, -0.1) is 0 Å². The highest BCUT2D eigenvalue weighted by atomic mass is 16.4. The smallest absolute Gasteiger partial charge is 0.335 e. The molecule has 0 saturated heterocycles. The molecule has 2 aromatic rings. The first-order valence-corrected chi connectivity index (χ1v) is 6.21. The highest BCUT2D eigenvalue weighted by molar-refractivity contribution is 5.95. The van der Waals surface area contributed by atoms with E-state index >= 15 is 0 Å². The first-order valence-electron chi connectivity index (χ1n) is 6.21. The van der Waals surface area contributed by atoms with Gasteiger partial charge in [0.1, 0.15) is 0 Å². The molecule has 0 heterocycles. The van der Waals surface area contributed by atoms with Crippen molar-refractivity contribution < 1.29 is 14.7 Å². The summed E-state index contributed by atoms with van der Waals surface area (Å²) in [5.74, 6) is -1.33. The number of carboxylic acid groups (broad SMARTS) is 1. The van der Waals surface area contributed by atoms with Crippen LogP contribution in [0.4, 0.5) is 0 Å². The highest BCUT2D eigenvalue weighted by Crippen LogP contribution is 2.06. The van der Waals surface area contributed by atoms with Crippen LogP contribution in [-0.4, -0.2) is 17.0 Å². The molecule has 0 atom stereocenters. The van der Waals surface area contributed by atoms with Gasteiger partial charge in [-0.3, -0.25) is 4.79 Å². The number of carbonyl (C=O) groups excluding carboxylic acids is 1. The van der Waals surface area contributed by atoms with Gasteiger partial charge in [0, 0.05) is 12.1 Å². The molecule has 0 unspecified atom stereocenters. The van der Waals surface area contributed by atoms with Crippen LogP contribution in [0.2, 0.25) is 0 Å². The maximum atomic E-state index is 11.9. The molecule has 5 nitrogen and oxygen atoms in total. The predicted octanol–water partition coefficient (Wildman–Crippen LogP) is 2.19. The first kappa shape index (κ1) is 14.3. The number of hydrogen-bond donors (Lipinski definition) is 2. The number of aromatic carboxylic acids is 1. The molecule has 0 aliphatic rings. The first-order chi connectivity index (χ1) is 10.1. The van der Waals surface area contributed by atoms with Gasteiger partial charge in [-0.25, -0.2) is 4.79 Å². The van der Waals surface area contributed by atoms with Crippen molar-refractivity contribution in [2.24, 2.45) is 0 Å². The lowest BCUT2D eigenvalue weighted by molar-refractivity contribution is 0.0696. The van der Waals surface area contributed by atoms with Gasteiger partial charge in [-0.2, -0.15) is 5.26 Å². The minimum atomic E-state index is -1.03. The zero-order valence-corrected chi connectivity index (χ0v) is 11.0. The minimum Gasteiger partial charge on any atom is -0.478 e. The predicted molar refractivity (Wildman–Crippen MR) is 75.7 cm³/mol. The topological polar surface area (TPSA) is 90.2 Å². The molecule has 0 radical (unpaired) electrons. The third kappa shape index (κ3) is 3.67. The van der Waals surface area contributed by atoms with Crippen molar-refractivity contribution in [3.63, 3.8) is 0 Å². The van der Waals surface area contributed by atoms with Crippen molar-refractivity contribution in [1.29, 1.82) is 5.26 Å². The monoisotopic (exact) mass is 280 g/mol. The van der Waals surface area contributed by atoms with Crippen molar-refractivity contribution in [1.82, 2.24) is 5.32 Å². The lowest BCUT2D eigenvalue weighted by Gasteiger charge is -2.06. The summed E-state index contributed by atoms with van der Waals surface area (Å²) >= 11 is 0. The van der Waals surface area contributed by atoms with E-state index in [-0.39, 0.29) is 11.5 Å². The summed E-state index contributed by atoms with van der Waals surface area (Å²) in [5.41, 5.74) is 1.88. The summed E-state index contributed by atoms with van der Waals surface area (Å²) in [6.07, 6.45) is 0. The van der Waals surface area contributed by atoms with Crippen LogP contribution in [0.5, 0.6) is 0 Å². The van der Waals surface area contributed by atoms with E-state index in [4.69, 9.17) is 10.4 Å². The molecule has 2 N–H and O–H groups in total. The molecule has 104 valence electrons. The number of benzene rings is 2. The van der Waals surface area contributed by atoms with Gasteiger partial charge in [0.05, 0.1) is 17.2 Å². The average Bonchev–Trinajstić information content (AvgIpc) is 2.53. The van der Waals surface area contributed by atoms with E-state index < -0.39 is 5.97 Å². The highest BCUT2D eigenvalue weighted by Gasteiger charge is 2.07. The van der Waals surface area contributed by atoms with Crippen molar-refractivity contribution in [3.8, 4) is 6.07 Å². The Bertz CT molecular complexity index is 715. The number of rotatable bonds is 4. The Morgan fingerprint density at radius 1 is 1.10 bits per heavy atom. The number of hydrogen-bond acceptors (Lipinski definition) is 3. The lowest BCUT2D eigenvalue weighted by Crippen LogP contribution is -2.22. The van der Waals surface area contributed by atoms with Gasteiger partial charge < -0.3 is 10.4 Å². The maximum absolute atomic E-state index is 11.9. The molecule has 0 aromatic heterocycles. The van der Waals surface area contributed by atoms with E-state index in [0.29, 0.717) is 17.7 Å². The number of carboxylic acids is 1. The molecule has 1 amide bonds. The molecule has 2 aromatic carbocycles. The summed E-state index contributed by atoms with van der Waals surface area (Å²) in [5, 5.41) is 20.3. The van der Waals surface area contributed by atoms with Gasteiger partial charge in [-0.05, 0) is 42.0 Å². The number of carbonyl (C=O) groups is 2. The molecular formula is C16H12N2O3. The van der Waals surface area contributed by atoms with Gasteiger partial charge in [0.2, 0.25) is 0 Å². The minimum absolute atomic E-state index is 0.133. The van der Waals surface area contributed by atoms with Gasteiger partial charge in [-0.1, -0.05) is 12.1 Å². The van der Waals surface area contributed by atoms with Gasteiger partial charge in [0.15, 0.2) is 0 Å². The van der Waals surface area contributed by atoms with E-state index in [9.17, 15) is 9.59 Å². The van der Waals surface area contributed by atoms with Crippen LogP contribution >= 0.6 is 0 Å². The molecule has 0 bridgehead atoms. The standard InChI is InChI=1S/C16H12N2O3/c17-9-11-2-1-3-12(8-11)10-18-15(19)13-4-6-14(7-5-13)16(20)21/h1-8H,10H2,(H,18,19)(H,20,21). The number of nitrogens with zero attached hydrogens (tertiary/aromatic N) is 1. The third-order valence-electron chi connectivity index (χ3n) is 2.90. The summed E-state index contributed by atoms with van der Waals surface area (Å²) in [6, 6.07) is 14.7. The molecule has 21 heavy (non-hydrogen) atoms. The van der Waals surface area contributed by atoms with Crippen molar-refractivity contribution in [3.05, 3.63) is 70.8 Å². The van der Waals surface area contributed by atoms with Crippen LogP contribution < -0.4 is 5.32 Å². The summed E-state index contributed by atoms with van der Waals surface area (Å²) in [6.45, 7) is 0.301. The molecule has 0 saturated carbocycles.